The second-order valence-corrected chi connectivity index (χ2v) is 3.51. The van der Waals surface area contributed by atoms with Gasteiger partial charge in [-0.1, -0.05) is 6.07 Å². The number of hydrogen-bond donors (Lipinski definition) is 2. The van der Waals surface area contributed by atoms with E-state index in [1.807, 2.05) is 6.92 Å². The van der Waals surface area contributed by atoms with Gasteiger partial charge in [0.2, 0.25) is 0 Å². The number of ether oxygens (including phenoxy) is 1. The lowest BCUT2D eigenvalue weighted by molar-refractivity contribution is 0.0695. The molecule has 0 spiro atoms. The van der Waals surface area contributed by atoms with E-state index >= 15 is 0 Å². The summed E-state index contributed by atoms with van der Waals surface area (Å²) < 4.78 is 4.97. The molecule has 1 aromatic carbocycles. The van der Waals surface area contributed by atoms with Crippen LogP contribution in [-0.4, -0.2) is 24.2 Å². The van der Waals surface area contributed by atoms with E-state index in [9.17, 15) is 4.79 Å². The number of carboxylic acids is 1. The molecule has 0 amide bonds. The van der Waals surface area contributed by atoms with E-state index in [1.165, 1.54) is 13.2 Å². The summed E-state index contributed by atoms with van der Waals surface area (Å²) in [4.78, 5) is 11.0. The fraction of sp³-hybridized carbons (Fsp3) is 0.364. The van der Waals surface area contributed by atoms with E-state index in [4.69, 9.17) is 15.6 Å². The minimum Gasteiger partial charge on any atom is -0.497 e. The van der Waals surface area contributed by atoms with Crippen molar-refractivity contribution in [3.63, 3.8) is 0 Å². The standard InChI is InChI=1S/C11H15NO3/c1-7(12)5-8-3-4-9(15-2)6-10(8)11(13)14/h3-4,6-7H,5,12H2,1-2H3,(H,13,14)/t7-/m1/s1. The SMILES string of the molecule is COc1ccc(C[C@@H](C)N)c(C(=O)O)c1. The molecule has 0 aliphatic heterocycles. The van der Waals surface area contributed by atoms with Crippen molar-refractivity contribution in [1.29, 1.82) is 0 Å². The van der Waals surface area contributed by atoms with E-state index < -0.39 is 5.97 Å². The molecule has 3 N–H and O–H groups in total. The molecular formula is C11H15NO3. The number of methoxy groups -OCH3 is 1. The van der Waals surface area contributed by atoms with Crippen LogP contribution in [0.5, 0.6) is 5.75 Å². The first-order valence-electron chi connectivity index (χ1n) is 4.70. The van der Waals surface area contributed by atoms with Crippen molar-refractivity contribution < 1.29 is 14.6 Å². The van der Waals surface area contributed by atoms with Gasteiger partial charge < -0.3 is 15.6 Å². The normalized spacial score (nSPS) is 12.2. The Kier molecular flexibility index (Phi) is 3.68. The third-order valence-corrected chi connectivity index (χ3v) is 2.09. The molecule has 4 heteroatoms. The molecule has 1 aromatic rings. The van der Waals surface area contributed by atoms with Crippen molar-refractivity contribution >= 4 is 5.97 Å². The summed E-state index contributed by atoms with van der Waals surface area (Å²) in [5, 5.41) is 9.00. The Morgan fingerprint density at radius 3 is 2.73 bits per heavy atom. The minimum atomic E-state index is -0.954. The van der Waals surface area contributed by atoms with Crippen LogP contribution in [0.4, 0.5) is 0 Å². The average molecular weight is 209 g/mol. The molecule has 0 saturated carbocycles. The molecule has 0 radical (unpaired) electrons. The van der Waals surface area contributed by atoms with Gasteiger partial charge in [0.25, 0.3) is 0 Å². The fourth-order valence-corrected chi connectivity index (χ4v) is 1.41. The number of rotatable bonds is 4. The molecule has 0 aromatic heterocycles. The zero-order chi connectivity index (χ0) is 11.4. The van der Waals surface area contributed by atoms with Crippen molar-refractivity contribution in [2.45, 2.75) is 19.4 Å². The molecule has 0 aliphatic carbocycles. The fourth-order valence-electron chi connectivity index (χ4n) is 1.41. The molecule has 4 nitrogen and oxygen atoms in total. The van der Waals surface area contributed by atoms with Gasteiger partial charge in [-0.05, 0) is 31.0 Å². The third kappa shape index (κ3) is 2.95. The second kappa shape index (κ2) is 4.79. The Morgan fingerprint density at radius 1 is 1.60 bits per heavy atom. The largest absolute Gasteiger partial charge is 0.497 e. The van der Waals surface area contributed by atoms with E-state index in [-0.39, 0.29) is 11.6 Å². The van der Waals surface area contributed by atoms with Gasteiger partial charge in [0, 0.05) is 6.04 Å². The Morgan fingerprint density at radius 2 is 2.27 bits per heavy atom. The summed E-state index contributed by atoms with van der Waals surface area (Å²) in [7, 11) is 1.51. The van der Waals surface area contributed by atoms with E-state index in [2.05, 4.69) is 0 Å². The highest BCUT2D eigenvalue weighted by Gasteiger charge is 2.12. The maximum Gasteiger partial charge on any atom is 0.336 e. The number of benzene rings is 1. The summed E-state index contributed by atoms with van der Waals surface area (Å²) in [6.45, 7) is 1.84. The number of aromatic carboxylic acids is 1. The van der Waals surface area contributed by atoms with Crippen molar-refractivity contribution in [1.82, 2.24) is 0 Å². The van der Waals surface area contributed by atoms with Gasteiger partial charge in [-0.2, -0.15) is 0 Å². The highest BCUT2D eigenvalue weighted by Crippen LogP contribution is 2.18. The van der Waals surface area contributed by atoms with Crippen molar-refractivity contribution in [2.24, 2.45) is 5.73 Å². The molecule has 15 heavy (non-hydrogen) atoms. The lowest BCUT2D eigenvalue weighted by atomic mass is 10.0. The first-order chi connectivity index (χ1) is 7.04. The van der Waals surface area contributed by atoms with Gasteiger partial charge in [-0.15, -0.1) is 0 Å². The van der Waals surface area contributed by atoms with Gasteiger partial charge in [-0.3, -0.25) is 0 Å². The summed E-state index contributed by atoms with van der Waals surface area (Å²) in [5.74, 6) is -0.412. The molecule has 0 unspecified atom stereocenters. The predicted molar refractivity (Wildman–Crippen MR) is 57.3 cm³/mol. The van der Waals surface area contributed by atoms with Crippen LogP contribution in [0.15, 0.2) is 18.2 Å². The van der Waals surface area contributed by atoms with Crippen molar-refractivity contribution in [2.75, 3.05) is 7.11 Å². The van der Waals surface area contributed by atoms with Crippen molar-refractivity contribution in [3.8, 4) is 5.75 Å². The molecule has 82 valence electrons. The van der Waals surface area contributed by atoms with Crippen LogP contribution >= 0.6 is 0 Å². The van der Waals surface area contributed by atoms with Crippen LogP contribution in [0.25, 0.3) is 0 Å². The van der Waals surface area contributed by atoms with Crippen LogP contribution in [-0.2, 0) is 6.42 Å². The number of carbonyl (C=O) groups is 1. The highest BCUT2D eigenvalue weighted by atomic mass is 16.5. The smallest absolute Gasteiger partial charge is 0.336 e. The molecule has 0 aliphatic rings. The second-order valence-electron chi connectivity index (χ2n) is 3.51. The zero-order valence-electron chi connectivity index (χ0n) is 8.86. The number of nitrogens with two attached hydrogens (primary N) is 1. The summed E-state index contributed by atoms with van der Waals surface area (Å²) in [5.41, 5.74) is 6.63. The molecule has 0 heterocycles. The highest BCUT2D eigenvalue weighted by molar-refractivity contribution is 5.90. The topological polar surface area (TPSA) is 72.5 Å². The third-order valence-electron chi connectivity index (χ3n) is 2.09. The lowest BCUT2D eigenvalue weighted by Crippen LogP contribution is -2.19. The summed E-state index contributed by atoms with van der Waals surface area (Å²) in [6.07, 6.45) is 0.547. The van der Waals surface area contributed by atoms with Crippen LogP contribution in [0.1, 0.15) is 22.8 Å². The average Bonchev–Trinajstić information content (AvgIpc) is 2.17. The zero-order valence-corrected chi connectivity index (χ0v) is 8.86. The monoisotopic (exact) mass is 209 g/mol. The summed E-state index contributed by atoms with van der Waals surface area (Å²) >= 11 is 0. The maximum atomic E-state index is 11.0. The van der Waals surface area contributed by atoms with E-state index in [0.717, 1.165) is 5.56 Å². The van der Waals surface area contributed by atoms with E-state index in [0.29, 0.717) is 12.2 Å². The first-order valence-corrected chi connectivity index (χ1v) is 4.70. The number of carboxylic acid groups (broad SMARTS) is 1. The van der Waals surface area contributed by atoms with Crippen LogP contribution in [0, 0.1) is 0 Å². The summed E-state index contributed by atoms with van der Waals surface area (Å²) in [6, 6.07) is 4.94. The Labute approximate surface area is 88.7 Å². The molecular weight excluding hydrogens is 194 g/mol. The van der Waals surface area contributed by atoms with Crippen LogP contribution in [0.3, 0.4) is 0 Å². The Bertz CT molecular complexity index is 361. The first kappa shape index (κ1) is 11.5. The molecule has 1 atom stereocenters. The van der Waals surface area contributed by atoms with Crippen LogP contribution < -0.4 is 10.5 Å². The molecule has 1 rings (SSSR count). The maximum absolute atomic E-state index is 11.0. The van der Waals surface area contributed by atoms with Gasteiger partial charge >= 0.3 is 5.97 Å². The quantitative estimate of drug-likeness (QED) is 0.783. The van der Waals surface area contributed by atoms with Gasteiger partial charge in [0.1, 0.15) is 5.75 Å². The Balaban J connectivity index is 3.09. The van der Waals surface area contributed by atoms with Crippen molar-refractivity contribution in [3.05, 3.63) is 29.3 Å². The molecule has 0 bridgehead atoms. The molecule has 0 saturated heterocycles. The van der Waals surface area contributed by atoms with Gasteiger partial charge in [0.15, 0.2) is 0 Å². The Hall–Kier alpha value is -1.55. The predicted octanol–water partition coefficient (Wildman–Crippen LogP) is 1.28. The lowest BCUT2D eigenvalue weighted by Gasteiger charge is -2.10. The number of hydrogen-bond acceptors (Lipinski definition) is 3. The van der Waals surface area contributed by atoms with Gasteiger partial charge in [0.05, 0.1) is 12.7 Å². The van der Waals surface area contributed by atoms with Gasteiger partial charge in [-0.25, -0.2) is 4.79 Å². The molecule has 0 fully saturated rings. The minimum absolute atomic E-state index is 0.0588. The van der Waals surface area contributed by atoms with E-state index in [1.54, 1.807) is 12.1 Å². The van der Waals surface area contributed by atoms with Crippen LogP contribution in [0.2, 0.25) is 0 Å².